The molecule has 0 bridgehead atoms. The van der Waals surface area contributed by atoms with E-state index >= 15 is 0 Å². The molecule has 2 N–H and O–H groups in total. The summed E-state index contributed by atoms with van der Waals surface area (Å²) in [6.45, 7) is 6.66. The summed E-state index contributed by atoms with van der Waals surface area (Å²) < 4.78 is 0. The maximum Gasteiger partial charge on any atom is 0.230 e. The van der Waals surface area contributed by atoms with Crippen molar-refractivity contribution in [1.82, 2.24) is 4.90 Å². The van der Waals surface area contributed by atoms with E-state index in [4.69, 9.17) is 5.73 Å². The summed E-state index contributed by atoms with van der Waals surface area (Å²) in [5, 5.41) is 0. The van der Waals surface area contributed by atoms with Crippen LogP contribution < -0.4 is 5.73 Å². The van der Waals surface area contributed by atoms with Crippen molar-refractivity contribution >= 4 is 17.7 Å². The zero-order valence-electron chi connectivity index (χ0n) is 12.0. The van der Waals surface area contributed by atoms with Gasteiger partial charge in [-0.25, -0.2) is 0 Å². The molecule has 4 heteroatoms. The molecule has 0 aromatic carbocycles. The summed E-state index contributed by atoms with van der Waals surface area (Å²) in [5.41, 5.74) is 5.46. The van der Waals surface area contributed by atoms with Crippen molar-refractivity contribution in [3.8, 4) is 0 Å². The van der Waals surface area contributed by atoms with Crippen molar-refractivity contribution in [2.75, 3.05) is 25.6 Å². The van der Waals surface area contributed by atoms with E-state index in [-0.39, 0.29) is 11.3 Å². The molecule has 1 amide bonds. The van der Waals surface area contributed by atoms with E-state index in [1.165, 1.54) is 0 Å². The van der Waals surface area contributed by atoms with Gasteiger partial charge >= 0.3 is 0 Å². The van der Waals surface area contributed by atoms with Crippen LogP contribution in [0.1, 0.15) is 40.0 Å². The molecule has 0 saturated carbocycles. The first kappa shape index (κ1) is 16.8. The monoisotopic (exact) mass is 260 g/mol. The Morgan fingerprint density at radius 1 is 1.41 bits per heavy atom. The Morgan fingerprint density at radius 3 is 2.29 bits per heavy atom. The van der Waals surface area contributed by atoms with Crippen LogP contribution in [-0.2, 0) is 4.79 Å². The second-order valence-electron chi connectivity index (χ2n) is 4.74. The topological polar surface area (TPSA) is 46.3 Å². The molecule has 102 valence electrons. The van der Waals surface area contributed by atoms with Gasteiger partial charge < -0.3 is 10.6 Å². The maximum absolute atomic E-state index is 12.5. The maximum atomic E-state index is 12.5. The molecular formula is C13H28N2OS. The van der Waals surface area contributed by atoms with Crippen molar-refractivity contribution in [3.63, 3.8) is 0 Å². The molecule has 1 atom stereocenters. The van der Waals surface area contributed by atoms with E-state index in [1.54, 1.807) is 0 Å². The number of carbonyl (C=O) groups excluding carboxylic acids is 1. The second-order valence-corrected chi connectivity index (χ2v) is 5.72. The Balaban J connectivity index is 4.65. The van der Waals surface area contributed by atoms with Crippen molar-refractivity contribution in [1.29, 1.82) is 0 Å². The molecule has 3 nitrogen and oxygen atoms in total. The van der Waals surface area contributed by atoms with E-state index < -0.39 is 0 Å². The lowest BCUT2D eigenvalue weighted by Crippen LogP contribution is -2.49. The highest BCUT2D eigenvalue weighted by molar-refractivity contribution is 7.98. The number of rotatable bonds is 8. The van der Waals surface area contributed by atoms with Crippen LogP contribution in [0.2, 0.25) is 0 Å². The number of carbonyl (C=O) groups is 1. The summed E-state index contributed by atoms with van der Waals surface area (Å²) in [4.78, 5) is 14.4. The summed E-state index contributed by atoms with van der Waals surface area (Å²) in [6, 6.07) is 0.291. The average molecular weight is 260 g/mol. The molecule has 17 heavy (non-hydrogen) atoms. The Labute approximate surface area is 111 Å². The van der Waals surface area contributed by atoms with Crippen LogP contribution in [-0.4, -0.2) is 42.4 Å². The van der Waals surface area contributed by atoms with Crippen LogP contribution in [0, 0.1) is 5.41 Å². The third-order valence-electron chi connectivity index (χ3n) is 3.92. The molecule has 0 aliphatic heterocycles. The zero-order valence-corrected chi connectivity index (χ0v) is 12.8. The quantitative estimate of drug-likeness (QED) is 0.729. The molecule has 0 aliphatic carbocycles. The van der Waals surface area contributed by atoms with Gasteiger partial charge in [0.1, 0.15) is 0 Å². The first-order valence-electron chi connectivity index (χ1n) is 6.45. The standard InChI is InChI=1S/C13H28N2OS/c1-6-13(7-2,10-14)12(16)15(4)11(3)8-9-17-5/h11H,6-10,14H2,1-5H3. The summed E-state index contributed by atoms with van der Waals surface area (Å²) in [6.07, 6.45) is 4.77. The SMILES string of the molecule is CCC(CC)(CN)C(=O)N(C)C(C)CCSC. The molecule has 0 rings (SSSR count). The summed E-state index contributed by atoms with van der Waals surface area (Å²) in [7, 11) is 1.91. The van der Waals surface area contributed by atoms with Gasteiger partial charge in [0.15, 0.2) is 0 Å². The van der Waals surface area contributed by atoms with Gasteiger partial charge in [0.25, 0.3) is 0 Å². The predicted molar refractivity (Wildman–Crippen MR) is 77.3 cm³/mol. The van der Waals surface area contributed by atoms with Gasteiger partial charge in [-0.15, -0.1) is 0 Å². The summed E-state index contributed by atoms with van der Waals surface area (Å²) >= 11 is 1.82. The van der Waals surface area contributed by atoms with Gasteiger partial charge in [-0.3, -0.25) is 4.79 Å². The molecule has 0 aromatic rings. The van der Waals surface area contributed by atoms with Crippen molar-refractivity contribution in [2.24, 2.45) is 11.1 Å². The molecule has 0 aromatic heterocycles. The Bertz CT molecular complexity index is 221. The van der Waals surface area contributed by atoms with Gasteiger partial charge in [0, 0.05) is 19.6 Å². The highest BCUT2D eigenvalue weighted by Crippen LogP contribution is 2.28. The zero-order chi connectivity index (χ0) is 13.5. The van der Waals surface area contributed by atoms with Crippen molar-refractivity contribution in [3.05, 3.63) is 0 Å². The number of hydrogen-bond acceptors (Lipinski definition) is 3. The van der Waals surface area contributed by atoms with Crippen LogP contribution in [0.4, 0.5) is 0 Å². The number of nitrogens with two attached hydrogens (primary N) is 1. The minimum Gasteiger partial charge on any atom is -0.343 e. The van der Waals surface area contributed by atoms with Crippen molar-refractivity contribution in [2.45, 2.75) is 46.1 Å². The van der Waals surface area contributed by atoms with Gasteiger partial charge in [0.2, 0.25) is 5.91 Å². The third-order valence-corrected chi connectivity index (χ3v) is 4.56. The molecule has 0 fully saturated rings. The van der Waals surface area contributed by atoms with Gasteiger partial charge in [-0.05, 0) is 38.2 Å². The first-order chi connectivity index (χ1) is 7.98. The van der Waals surface area contributed by atoms with Crippen LogP contribution in [0.25, 0.3) is 0 Å². The molecular weight excluding hydrogens is 232 g/mol. The molecule has 0 radical (unpaired) electrons. The highest BCUT2D eigenvalue weighted by atomic mass is 32.2. The number of amides is 1. The van der Waals surface area contributed by atoms with Crippen LogP contribution in [0.15, 0.2) is 0 Å². The Hall–Kier alpha value is -0.220. The minimum atomic E-state index is -0.359. The molecule has 0 saturated heterocycles. The lowest BCUT2D eigenvalue weighted by molar-refractivity contribution is -0.142. The predicted octanol–water partition coefficient (Wildman–Crippen LogP) is 2.35. The third kappa shape index (κ3) is 4.18. The smallest absolute Gasteiger partial charge is 0.230 e. The van der Waals surface area contributed by atoms with Crippen LogP contribution in [0.3, 0.4) is 0 Å². The Kier molecular flexibility index (Phi) is 7.88. The minimum absolute atomic E-state index is 0.207. The van der Waals surface area contributed by atoms with Gasteiger partial charge in [-0.1, -0.05) is 13.8 Å². The van der Waals surface area contributed by atoms with Crippen LogP contribution in [0.5, 0.6) is 0 Å². The lowest BCUT2D eigenvalue weighted by Gasteiger charge is -2.36. The van der Waals surface area contributed by atoms with E-state index in [2.05, 4.69) is 27.0 Å². The number of nitrogens with zero attached hydrogens (tertiary/aromatic N) is 1. The fourth-order valence-electron chi connectivity index (χ4n) is 1.98. The van der Waals surface area contributed by atoms with E-state index in [1.807, 2.05) is 23.7 Å². The Morgan fingerprint density at radius 2 is 1.94 bits per heavy atom. The number of thioether (sulfide) groups is 1. The highest BCUT2D eigenvalue weighted by Gasteiger charge is 2.36. The normalized spacial score (nSPS) is 13.5. The largest absolute Gasteiger partial charge is 0.343 e. The lowest BCUT2D eigenvalue weighted by atomic mass is 9.80. The van der Waals surface area contributed by atoms with Gasteiger partial charge in [-0.2, -0.15) is 11.8 Å². The summed E-state index contributed by atoms with van der Waals surface area (Å²) in [5.74, 6) is 1.30. The van der Waals surface area contributed by atoms with E-state index in [9.17, 15) is 4.79 Å². The second kappa shape index (κ2) is 7.98. The van der Waals surface area contributed by atoms with E-state index in [0.29, 0.717) is 12.6 Å². The average Bonchev–Trinajstić information content (AvgIpc) is 2.37. The number of hydrogen-bond donors (Lipinski definition) is 1. The fourth-order valence-corrected chi connectivity index (χ4v) is 2.56. The molecule has 0 spiro atoms. The van der Waals surface area contributed by atoms with Crippen molar-refractivity contribution < 1.29 is 4.79 Å². The first-order valence-corrected chi connectivity index (χ1v) is 7.84. The van der Waals surface area contributed by atoms with Gasteiger partial charge in [0.05, 0.1) is 5.41 Å². The molecule has 0 heterocycles. The molecule has 0 aliphatic rings. The fraction of sp³-hybridized carbons (Fsp3) is 0.923. The van der Waals surface area contributed by atoms with Crippen LogP contribution >= 0.6 is 11.8 Å². The molecule has 1 unspecified atom stereocenters. The van der Waals surface area contributed by atoms with E-state index in [0.717, 1.165) is 25.0 Å².